The molecule has 2 aromatic heterocycles. The van der Waals surface area contributed by atoms with Gasteiger partial charge in [-0.3, -0.25) is 23.9 Å². The lowest BCUT2D eigenvalue weighted by Gasteiger charge is -2.37. The van der Waals surface area contributed by atoms with Crippen LogP contribution in [0.5, 0.6) is 5.75 Å². The molecule has 15 heteroatoms. The average Bonchev–Trinajstić information content (AvgIpc) is 3.38. The fourth-order valence-corrected chi connectivity index (χ4v) is 8.05. The van der Waals surface area contributed by atoms with E-state index in [0.29, 0.717) is 24.8 Å². The molecule has 12 nitrogen and oxygen atoms in total. The van der Waals surface area contributed by atoms with Crippen LogP contribution in [-0.4, -0.2) is 93.0 Å². The molecule has 2 unspecified atom stereocenters. The number of piperidine rings is 3. The Hall–Kier alpha value is -3.56. The van der Waals surface area contributed by atoms with Gasteiger partial charge in [0.2, 0.25) is 17.8 Å². The summed E-state index contributed by atoms with van der Waals surface area (Å²) in [5, 5.41) is 15.1. The van der Waals surface area contributed by atoms with Gasteiger partial charge in [0.05, 0.1) is 29.5 Å². The Morgan fingerprint density at radius 1 is 1.12 bits per heavy atom. The molecule has 1 aromatic carbocycles. The second kappa shape index (κ2) is 15.8. The molecule has 260 valence electrons. The first-order chi connectivity index (χ1) is 23.2. The monoisotopic (exact) mass is 685 g/mol. The molecule has 6 rings (SSSR count). The van der Waals surface area contributed by atoms with Crippen molar-refractivity contribution in [3.8, 4) is 5.75 Å². The lowest BCUT2D eigenvalue weighted by atomic mass is 9.92. The fraction of sp³-hybridized carbons (Fsp3) is 0.606. The summed E-state index contributed by atoms with van der Waals surface area (Å²) in [6, 6.07) is 5.07. The molecular weight excluding hydrogens is 640 g/mol. The quantitative estimate of drug-likeness (QED) is 0.135. The van der Waals surface area contributed by atoms with Gasteiger partial charge in [-0.1, -0.05) is 11.9 Å². The van der Waals surface area contributed by atoms with Gasteiger partial charge >= 0.3 is 6.61 Å². The number of imide groups is 1. The highest BCUT2D eigenvalue weighted by Crippen LogP contribution is 2.35. The van der Waals surface area contributed by atoms with Gasteiger partial charge in [0.15, 0.2) is 5.75 Å². The van der Waals surface area contributed by atoms with Crippen LogP contribution >= 0.6 is 11.9 Å². The summed E-state index contributed by atoms with van der Waals surface area (Å²) < 4.78 is 33.4. The van der Waals surface area contributed by atoms with Crippen molar-refractivity contribution in [3.05, 3.63) is 35.8 Å². The zero-order chi connectivity index (χ0) is 33.6. The Morgan fingerprint density at radius 3 is 2.62 bits per heavy atom. The number of benzene rings is 1. The minimum absolute atomic E-state index is 0.0504. The number of anilines is 2. The maximum atomic E-state index is 12.7. The van der Waals surface area contributed by atoms with E-state index in [-0.39, 0.29) is 23.6 Å². The largest absolute Gasteiger partial charge is 0.432 e. The third-order valence-corrected chi connectivity index (χ3v) is 10.7. The molecule has 5 heterocycles. The highest BCUT2D eigenvalue weighted by molar-refractivity contribution is 7.97. The van der Waals surface area contributed by atoms with Crippen molar-refractivity contribution in [2.45, 2.75) is 82.9 Å². The number of nitrogens with zero attached hydrogens (tertiary/aromatic N) is 6. The third kappa shape index (κ3) is 8.35. The van der Waals surface area contributed by atoms with Gasteiger partial charge in [0.25, 0.3) is 0 Å². The number of ether oxygens (including phenoxy) is 1. The minimum Gasteiger partial charge on any atom is -0.432 e. The van der Waals surface area contributed by atoms with Crippen LogP contribution in [0.15, 0.2) is 24.5 Å². The van der Waals surface area contributed by atoms with Crippen molar-refractivity contribution in [2.75, 3.05) is 48.7 Å². The number of carbonyl (C=O) groups excluding carboxylic acids is 2. The second-order valence-corrected chi connectivity index (χ2v) is 14.1. The number of fused-ring (bicyclic) bond motifs is 1. The van der Waals surface area contributed by atoms with Crippen LogP contribution in [-0.2, 0) is 16.6 Å². The third-order valence-electron chi connectivity index (χ3n) is 9.49. The predicted molar refractivity (Wildman–Crippen MR) is 182 cm³/mol. The molecule has 3 aliphatic heterocycles. The molecule has 0 saturated carbocycles. The molecule has 0 aliphatic carbocycles. The first kappa shape index (κ1) is 34.3. The second-order valence-electron chi connectivity index (χ2n) is 12.9. The van der Waals surface area contributed by atoms with Gasteiger partial charge < -0.3 is 20.3 Å². The van der Waals surface area contributed by atoms with Crippen LogP contribution in [0, 0.1) is 6.92 Å². The summed E-state index contributed by atoms with van der Waals surface area (Å²) in [5.74, 6) is 0.533. The van der Waals surface area contributed by atoms with Crippen molar-refractivity contribution < 1.29 is 23.1 Å². The molecule has 3 aromatic rings. The number of amides is 2. The number of hydrogen-bond acceptors (Lipinski definition) is 11. The van der Waals surface area contributed by atoms with Crippen LogP contribution in [0.1, 0.15) is 68.5 Å². The average molecular weight is 686 g/mol. The van der Waals surface area contributed by atoms with Gasteiger partial charge in [-0.15, -0.1) is 0 Å². The minimum atomic E-state index is -2.89. The van der Waals surface area contributed by atoms with Crippen LogP contribution < -0.4 is 25.6 Å². The number of nitrogens with one attached hydrogen (secondary N) is 3. The first-order valence-electron chi connectivity index (χ1n) is 16.9. The van der Waals surface area contributed by atoms with Gasteiger partial charge in [-0.25, -0.2) is 9.97 Å². The molecule has 48 heavy (non-hydrogen) atoms. The summed E-state index contributed by atoms with van der Waals surface area (Å²) in [6.07, 6.45) is 9.72. The topological polar surface area (TPSA) is 130 Å². The van der Waals surface area contributed by atoms with E-state index in [1.54, 1.807) is 0 Å². The summed E-state index contributed by atoms with van der Waals surface area (Å²) in [5.41, 5.74) is 4.14. The molecule has 0 bridgehead atoms. The number of halogens is 2. The summed E-state index contributed by atoms with van der Waals surface area (Å²) in [4.78, 5) is 35.2. The van der Waals surface area contributed by atoms with Gasteiger partial charge in [-0.2, -0.15) is 13.9 Å². The van der Waals surface area contributed by atoms with Crippen LogP contribution in [0.3, 0.4) is 0 Å². The summed E-state index contributed by atoms with van der Waals surface area (Å²) in [7, 11) is 1.93. The Balaban J connectivity index is 1.02. The molecule has 2 atom stereocenters. The maximum absolute atomic E-state index is 12.7. The van der Waals surface area contributed by atoms with Crippen LogP contribution in [0.25, 0.3) is 10.9 Å². The van der Waals surface area contributed by atoms with Crippen molar-refractivity contribution >= 4 is 46.3 Å². The van der Waals surface area contributed by atoms with Gasteiger partial charge in [0.1, 0.15) is 0 Å². The predicted octanol–water partition coefficient (Wildman–Crippen LogP) is 4.36. The van der Waals surface area contributed by atoms with Crippen LogP contribution in [0.2, 0.25) is 0 Å². The Morgan fingerprint density at radius 2 is 1.92 bits per heavy atom. The summed E-state index contributed by atoms with van der Waals surface area (Å²) in [6.45, 7) is 4.15. The number of aryl methyl sites for hydroxylation is 2. The number of aromatic nitrogens is 4. The Kier molecular flexibility index (Phi) is 11.3. The smallest absolute Gasteiger partial charge is 0.387 e. The highest BCUT2D eigenvalue weighted by atomic mass is 32.2. The lowest BCUT2D eigenvalue weighted by molar-refractivity contribution is -0.134. The number of unbranched alkanes of at least 4 members (excludes halogenated alkanes) is 1. The van der Waals surface area contributed by atoms with E-state index >= 15 is 0 Å². The van der Waals surface area contributed by atoms with E-state index in [1.165, 1.54) is 23.6 Å². The standard InChI is InChI=1S/C33H45F2N9O3S/c1-21-16-26-28(42(2)41-30(26)25-7-8-29(45)40-31(25)46)17-27(21)44(23-6-5-11-36-18-23)12-3-4-15-48-43-13-9-22(10-14-43)39-33-37-19-24(20-38-33)47-32(34)35/h16-17,19-20,22-23,25,32,36H,3-15,18H2,1-2H3,(H,37,38,39)(H,40,45,46). The molecule has 3 N–H and O–H groups in total. The lowest BCUT2D eigenvalue weighted by Crippen LogP contribution is -2.47. The maximum Gasteiger partial charge on any atom is 0.387 e. The SMILES string of the molecule is Cc1cc2c(C3CCC(=O)NC3=O)nn(C)c2cc1N(CCCCSN1CCC(Nc2ncc(OC(F)F)cn2)CC1)C1CCCNC1. The Bertz CT molecular complexity index is 1560. The molecular formula is C33H45F2N9O3S. The highest BCUT2D eigenvalue weighted by Gasteiger charge is 2.32. The van der Waals surface area contributed by atoms with Crippen molar-refractivity contribution in [2.24, 2.45) is 7.05 Å². The van der Waals surface area contributed by atoms with Gasteiger partial charge in [0, 0.05) is 68.6 Å². The van der Waals surface area contributed by atoms with Gasteiger partial charge in [-0.05, 0) is 76.1 Å². The fourth-order valence-electron chi connectivity index (χ4n) is 6.99. The normalized spacial score (nSPS) is 21.1. The summed E-state index contributed by atoms with van der Waals surface area (Å²) >= 11 is 1.91. The molecule has 3 aliphatic rings. The number of carbonyl (C=O) groups is 2. The molecule has 2 amide bonds. The zero-order valence-electron chi connectivity index (χ0n) is 27.6. The Labute approximate surface area is 283 Å². The number of hydrogen-bond donors (Lipinski definition) is 3. The van der Waals surface area contributed by atoms with E-state index < -0.39 is 12.5 Å². The molecule has 3 fully saturated rings. The van der Waals surface area contributed by atoms with Crippen molar-refractivity contribution in [1.29, 1.82) is 0 Å². The van der Waals surface area contributed by atoms with E-state index in [9.17, 15) is 18.4 Å². The molecule has 0 radical (unpaired) electrons. The zero-order valence-corrected chi connectivity index (χ0v) is 28.4. The first-order valence-corrected chi connectivity index (χ1v) is 17.9. The van der Waals surface area contributed by atoms with E-state index in [0.717, 1.165) is 93.6 Å². The van der Waals surface area contributed by atoms with E-state index in [2.05, 4.69) is 58.9 Å². The van der Waals surface area contributed by atoms with Crippen molar-refractivity contribution in [1.82, 2.24) is 34.7 Å². The van der Waals surface area contributed by atoms with Crippen LogP contribution in [0.4, 0.5) is 20.4 Å². The van der Waals surface area contributed by atoms with E-state index in [4.69, 9.17) is 5.10 Å². The number of rotatable bonds is 13. The molecule has 0 spiro atoms. The van der Waals surface area contributed by atoms with Crippen molar-refractivity contribution in [3.63, 3.8) is 0 Å². The van der Waals surface area contributed by atoms with E-state index in [1.807, 2.05) is 23.7 Å². The molecule has 3 saturated heterocycles. The number of alkyl halides is 2.